The molecule has 24 heavy (non-hydrogen) atoms. The summed E-state index contributed by atoms with van der Waals surface area (Å²) in [6.07, 6.45) is 0. The van der Waals surface area contributed by atoms with Crippen molar-refractivity contribution in [1.29, 1.82) is 0 Å². The number of nitrogens with one attached hydrogen (secondary N) is 2. The van der Waals surface area contributed by atoms with E-state index in [9.17, 15) is 4.79 Å². The summed E-state index contributed by atoms with van der Waals surface area (Å²) < 4.78 is 10.5. The Bertz CT molecular complexity index is 830. The molecule has 0 radical (unpaired) electrons. The van der Waals surface area contributed by atoms with E-state index in [1.54, 1.807) is 25.3 Å². The molecule has 8 heteroatoms. The van der Waals surface area contributed by atoms with E-state index >= 15 is 0 Å². The van der Waals surface area contributed by atoms with Gasteiger partial charge < -0.3 is 19.9 Å². The van der Waals surface area contributed by atoms with Crippen LogP contribution in [-0.2, 0) is 11.3 Å². The predicted octanol–water partition coefficient (Wildman–Crippen LogP) is 3.38. The van der Waals surface area contributed by atoms with E-state index < -0.39 is 0 Å². The van der Waals surface area contributed by atoms with Gasteiger partial charge in [-0.3, -0.25) is 4.79 Å². The normalized spacial score (nSPS) is 10.4. The zero-order chi connectivity index (χ0) is 16.9. The number of nitrogens with zero attached hydrogens (tertiary/aromatic N) is 2. The van der Waals surface area contributed by atoms with Gasteiger partial charge in [0.2, 0.25) is 5.91 Å². The zero-order valence-electron chi connectivity index (χ0n) is 13.2. The minimum absolute atomic E-state index is 0.150. The molecule has 0 fully saturated rings. The first-order chi connectivity index (χ1) is 11.7. The molecule has 1 aromatic carbocycles. The average molecular weight is 344 g/mol. The van der Waals surface area contributed by atoms with Crippen LogP contribution < -0.4 is 15.4 Å². The Morgan fingerprint density at radius 3 is 2.92 bits per heavy atom. The minimum Gasteiger partial charge on any atom is -0.497 e. The maximum Gasteiger partial charge on any atom is 0.268 e. The summed E-state index contributed by atoms with van der Waals surface area (Å²) in [5.41, 5.74) is 1.37. The Hall–Kier alpha value is -2.87. The van der Waals surface area contributed by atoms with Gasteiger partial charge in [-0.05, 0) is 23.6 Å². The van der Waals surface area contributed by atoms with Crippen LogP contribution in [0.15, 0.2) is 40.2 Å². The number of amides is 1. The van der Waals surface area contributed by atoms with Crippen molar-refractivity contribution in [3.05, 3.63) is 41.5 Å². The second-order valence-corrected chi connectivity index (χ2v) is 5.89. The number of methoxy groups -OCH3 is 1. The molecule has 0 saturated carbocycles. The van der Waals surface area contributed by atoms with Crippen LogP contribution in [0.3, 0.4) is 0 Å². The third kappa shape index (κ3) is 3.72. The highest BCUT2D eigenvalue weighted by Crippen LogP contribution is 2.28. The Balaban J connectivity index is 1.74. The number of hydrogen-bond acceptors (Lipinski definition) is 7. The molecule has 3 aromatic rings. The Kier molecular flexibility index (Phi) is 4.76. The topological polar surface area (TPSA) is 89.3 Å². The number of hydrogen-bond donors (Lipinski definition) is 2. The SMILES string of the molecule is COc1ccc(NC(C)=O)c(NCc2noc(-c3cccs3)n2)c1. The molecule has 0 aliphatic rings. The van der Waals surface area contributed by atoms with Gasteiger partial charge in [-0.2, -0.15) is 4.98 Å². The average Bonchev–Trinajstić information content (AvgIpc) is 3.24. The van der Waals surface area contributed by atoms with Crippen LogP contribution in [0.1, 0.15) is 12.7 Å². The first kappa shape index (κ1) is 16.0. The van der Waals surface area contributed by atoms with E-state index in [2.05, 4.69) is 20.8 Å². The van der Waals surface area contributed by atoms with Crippen LogP contribution in [-0.4, -0.2) is 23.2 Å². The molecule has 7 nitrogen and oxygen atoms in total. The van der Waals surface area contributed by atoms with Gasteiger partial charge in [0.05, 0.1) is 29.9 Å². The van der Waals surface area contributed by atoms with Crippen molar-refractivity contribution in [2.75, 3.05) is 17.7 Å². The Morgan fingerprint density at radius 2 is 2.21 bits per heavy atom. The molecule has 0 spiro atoms. The van der Waals surface area contributed by atoms with Crippen LogP contribution in [0.4, 0.5) is 11.4 Å². The van der Waals surface area contributed by atoms with E-state index in [1.807, 2.05) is 17.5 Å². The number of thiophene rings is 1. The number of carbonyl (C=O) groups is 1. The fourth-order valence-electron chi connectivity index (χ4n) is 2.10. The molecule has 0 saturated heterocycles. The first-order valence-electron chi connectivity index (χ1n) is 7.21. The van der Waals surface area contributed by atoms with E-state index in [0.29, 0.717) is 35.4 Å². The number of carbonyl (C=O) groups excluding carboxylic acids is 1. The lowest BCUT2D eigenvalue weighted by Gasteiger charge is -2.12. The van der Waals surface area contributed by atoms with Crippen LogP contribution >= 0.6 is 11.3 Å². The molecule has 0 bridgehead atoms. The van der Waals surface area contributed by atoms with Crippen LogP contribution in [0, 0.1) is 0 Å². The number of anilines is 2. The van der Waals surface area contributed by atoms with E-state index in [4.69, 9.17) is 9.26 Å². The third-order valence-corrected chi connectivity index (χ3v) is 4.03. The smallest absolute Gasteiger partial charge is 0.268 e. The summed E-state index contributed by atoms with van der Waals surface area (Å²) in [4.78, 5) is 16.6. The largest absolute Gasteiger partial charge is 0.497 e. The predicted molar refractivity (Wildman–Crippen MR) is 92.2 cm³/mol. The third-order valence-electron chi connectivity index (χ3n) is 3.17. The fourth-order valence-corrected chi connectivity index (χ4v) is 2.74. The summed E-state index contributed by atoms with van der Waals surface area (Å²) >= 11 is 1.54. The van der Waals surface area contributed by atoms with Crippen LogP contribution in [0.2, 0.25) is 0 Å². The lowest BCUT2D eigenvalue weighted by molar-refractivity contribution is -0.114. The quantitative estimate of drug-likeness (QED) is 0.712. The van der Waals surface area contributed by atoms with Crippen molar-refractivity contribution in [2.45, 2.75) is 13.5 Å². The highest BCUT2D eigenvalue weighted by molar-refractivity contribution is 7.13. The van der Waals surface area contributed by atoms with E-state index in [0.717, 1.165) is 4.88 Å². The monoisotopic (exact) mass is 344 g/mol. The highest BCUT2D eigenvalue weighted by atomic mass is 32.1. The zero-order valence-corrected chi connectivity index (χ0v) is 14.0. The molecule has 1 amide bonds. The highest BCUT2D eigenvalue weighted by Gasteiger charge is 2.11. The van der Waals surface area contributed by atoms with Crippen molar-refractivity contribution in [2.24, 2.45) is 0 Å². The molecule has 0 unspecified atom stereocenters. The summed E-state index contributed by atoms with van der Waals surface area (Å²) in [6.45, 7) is 1.81. The lowest BCUT2D eigenvalue weighted by Crippen LogP contribution is -2.10. The molecule has 0 aliphatic heterocycles. The second-order valence-electron chi connectivity index (χ2n) is 4.94. The Morgan fingerprint density at radius 1 is 1.33 bits per heavy atom. The van der Waals surface area contributed by atoms with E-state index in [1.165, 1.54) is 18.3 Å². The maximum absolute atomic E-state index is 11.3. The van der Waals surface area contributed by atoms with Crippen LogP contribution in [0.5, 0.6) is 5.75 Å². The summed E-state index contributed by atoms with van der Waals surface area (Å²) in [5, 5.41) is 11.9. The second kappa shape index (κ2) is 7.14. The van der Waals surface area contributed by atoms with Gasteiger partial charge in [-0.1, -0.05) is 11.2 Å². The number of aromatic nitrogens is 2. The Labute approximate surface area is 142 Å². The standard InChI is InChI=1S/C16H16N4O3S/c1-10(21)18-12-6-5-11(22-2)8-13(12)17-9-15-19-16(23-20-15)14-4-3-7-24-14/h3-8,17H,9H2,1-2H3,(H,18,21). The van der Waals surface area contributed by atoms with Gasteiger partial charge in [-0.25, -0.2) is 0 Å². The van der Waals surface area contributed by atoms with Crippen molar-refractivity contribution in [3.8, 4) is 16.5 Å². The van der Waals surface area contributed by atoms with Crippen molar-refractivity contribution < 1.29 is 14.1 Å². The van der Waals surface area contributed by atoms with Gasteiger partial charge in [0.15, 0.2) is 5.82 Å². The number of ether oxygens (including phenoxy) is 1. The molecule has 3 rings (SSSR count). The van der Waals surface area contributed by atoms with Crippen LogP contribution in [0.25, 0.3) is 10.8 Å². The molecule has 0 aliphatic carbocycles. The van der Waals surface area contributed by atoms with Crippen molar-refractivity contribution in [1.82, 2.24) is 10.1 Å². The molecule has 2 heterocycles. The summed E-state index contributed by atoms with van der Waals surface area (Å²) in [7, 11) is 1.59. The van der Waals surface area contributed by atoms with Crippen molar-refractivity contribution in [3.63, 3.8) is 0 Å². The molecular weight excluding hydrogens is 328 g/mol. The van der Waals surface area contributed by atoms with Gasteiger partial charge >= 0.3 is 0 Å². The van der Waals surface area contributed by atoms with Crippen molar-refractivity contribution >= 4 is 28.6 Å². The lowest BCUT2D eigenvalue weighted by atomic mass is 10.2. The maximum atomic E-state index is 11.3. The van der Waals surface area contributed by atoms with Gasteiger partial charge in [0.1, 0.15) is 5.75 Å². The number of rotatable bonds is 6. The summed E-state index contributed by atoms with van der Waals surface area (Å²) in [5.74, 6) is 1.55. The van der Waals surface area contributed by atoms with Gasteiger partial charge in [-0.15, -0.1) is 11.3 Å². The molecular formula is C16H16N4O3S. The first-order valence-corrected chi connectivity index (χ1v) is 8.09. The molecule has 124 valence electrons. The fraction of sp³-hybridized carbons (Fsp3) is 0.188. The number of benzene rings is 1. The van der Waals surface area contributed by atoms with E-state index in [-0.39, 0.29) is 5.91 Å². The summed E-state index contributed by atoms with van der Waals surface area (Å²) in [6, 6.07) is 9.20. The van der Waals surface area contributed by atoms with Gasteiger partial charge in [0.25, 0.3) is 5.89 Å². The minimum atomic E-state index is -0.150. The molecule has 2 aromatic heterocycles. The van der Waals surface area contributed by atoms with Gasteiger partial charge in [0, 0.05) is 13.0 Å². The molecule has 0 atom stereocenters. The molecule has 2 N–H and O–H groups in total.